The Balaban J connectivity index is 2.17. The van der Waals surface area contributed by atoms with Crippen LogP contribution in [0.2, 0.25) is 10.0 Å². The van der Waals surface area contributed by atoms with Crippen molar-refractivity contribution in [3.63, 3.8) is 0 Å². The Kier molecular flexibility index (Phi) is 3.81. The Morgan fingerprint density at radius 2 is 1.95 bits per heavy atom. The molecule has 3 rings (SSSR count). The zero-order chi connectivity index (χ0) is 13.4. The highest BCUT2D eigenvalue weighted by atomic mass is 79.9. The van der Waals surface area contributed by atoms with Crippen molar-refractivity contribution in [1.29, 1.82) is 0 Å². The number of thiazole rings is 1. The van der Waals surface area contributed by atoms with Gasteiger partial charge in [0.1, 0.15) is 5.01 Å². The number of hydrogen-bond acceptors (Lipinski definition) is 2. The fourth-order valence-electron chi connectivity index (χ4n) is 1.83. The standard InChI is InChI=1S/C14H8BrCl2NS/c15-7-8-1-4-12-13(5-8)19-14(18-12)10-6-9(16)2-3-11(10)17/h1-6H,7H2. The van der Waals surface area contributed by atoms with Gasteiger partial charge in [-0.2, -0.15) is 0 Å². The van der Waals surface area contributed by atoms with Gasteiger partial charge in [0.25, 0.3) is 0 Å². The highest BCUT2D eigenvalue weighted by Crippen LogP contribution is 2.36. The summed E-state index contributed by atoms with van der Waals surface area (Å²) in [6, 6.07) is 11.7. The maximum absolute atomic E-state index is 6.22. The van der Waals surface area contributed by atoms with Gasteiger partial charge in [-0.3, -0.25) is 0 Å². The van der Waals surface area contributed by atoms with Crippen LogP contribution in [0, 0.1) is 0 Å². The molecule has 1 aromatic heterocycles. The highest BCUT2D eigenvalue weighted by molar-refractivity contribution is 9.08. The molecule has 0 atom stereocenters. The Morgan fingerprint density at radius 3 is 2.74 bits per heavy atom. The third-order valence-electron chi connectivity index (χ3n) is 2.77. The van der Waals surface area contributed by atoms with Gasteiger partial charge in [0, 0.05) is 15.9 Å². The van der Waals surface area contributed by atoms with Crippen molar-refractivity contribution in [2.45, 2.75) is 5.33 Å². The van der Waals surface area contributed by atoms with E-state index in [9.17, 15) is 0 Å². The van der Waals surface area contributed by atoms with Crippen LogP contribution in [-0.2, 0) is 5.33 Å². The van der Waals surface area contributed by atoms with E-state index in [0.29, 0.717) is 10.0 Å². The van der Waals surface area contributed by atoms with E-state index in [1.54, 1.807) is 23.5 Å². The first kappa shape index (κ1) is 13.4. The van der Waals surface area contributed by atoms with Crippen LogP contribution in [0.1, 0.15) is 5.56 Å². The summed E-state index contributed by atoms with van der Waals surface area (Å²) in [5, 5.41) is 3.08. The third-order valence-corrected chi connectivity index (χ3v) is 5.03. The van der Waals surface area contributed by atoms with Crippen LogP contribution in [-0.4, -0.2) is 4.98 Å². The number of fused-ring (bicyclic) bond motifs is 1. The second-order valence-corrected chi connectivity index (χ2v) is 6.51. The molecule has 5 heteroatoms. The molecule has 96 valence electrons. The van der Waals surface area contributed by atoms with Crippen LogP contribution in [0.15, 0.2) is 36.4 Å². The summed E-state index contributed by atoms with van der Waals surface area (Å²) in [6.45, 7) is 0. The molecule has 2 aromatic carbocycles. The van der Waals surface area contributed by atoms with Crippen molar-refractivity contribution in [3.05, 3.63) is 52.0 Å². The molecule has 0 spiro atoms. The first-order chi connectivity index (χ1) is 9.17. The number of rotatable bonds is 2. The molecule has 3 aromatic rings. The quantitative estimate of drug-likeness (QED) is 0.490. The first-order valence-electron chi connectivity index (χ1n) is 5.58. The lowest BCUT2D eigenvalue weighted by Crippen LogP contribution is -1.78. The second-order valence-electron chi connectivity index (χ2n) is 4.08. The van der Waals surface area contributed by atoms with Crippen LogP contribution in [0.3, 0.4) is 0 Å². The van der Waals surface area contributed by atoms with E-state index >= 15 is 0 Å². The molecule has 0 unspecified atom stereocenters. The number of alkyl halides is 1. The van der Waals surface area contributed by atoms with Crippen molar-refractivity contribution >= 4 is 60.7 Å². The van der Waals surface area contributed by atoms with Crippen molar-refractivity contribution in [3.8, 4) is 10.6 Å². The summed E-state index contributed by atoms with van der Waals surface area (Å²) in [5.41, 5.74) is 3.11. The molecule has 1 heterocycles. The molecule has 0 saturated carbocycles. The van der Waals surface area contributed by atoms with Gasteiger partial charge in [-0.1, -0.05) is 45.2 Å². The molecular formula is C14H8BrCl2NS. The minimum atomic E-state index is 0.666. The lowest BCUT2D eigenvalue weighted by molar-refractivity contribution is 1.44. The number of benzene rings is 2. The lowest BCUT2D eigenvalue weighted by Gasteiger charge is -2.00. The van der Waals surface area contributed by atoms with E-state index in [0.717, 1.165) is 26.1 Å². The van der Waals surface area contributed by atoms with Crippen LogP contribution in [0.25, 0.3) is 20.8 Å². The van der Waals surface area contributed by atoms with E-state index in [1.165, 1.54) is 5.56 Å². The predicted octanol–water partition coefficient (Wildman–Crippen LogP) is 6.17. The fourth-order valence-corrected chi connectivity index (χ4v) is 3.67. The van der Waals surface area contributed by atoms with Gasteiger partial charge >= 0.3 is 0 Å². The summed E-state index contributed by atoms with van der Waals surface area (Å²) < 4.78 is 1.16. The van der Waals surface area contributed by atoms with Gasteiger partial charge in [0.05, 0.1) is 15.2 Å². The maximum atomic E-state index is 6.22. The third kappa shape index (κ3) is 2.65. The van der Waals surface area contributed by atoms with Gasteiger partial charge in [-0.25, -0.2) is 4.98 Å². The summed E-state index contributed by atoms with van der Waals surface area (Å²) >= 11 is 17.3. The van der Waals surface area contributed by atoms with Crippen LogP contribution in [0.4, 0.5) is 0 Å². The zero-order valence-corrected chi connectivity index (χ0v) is 13.6. The monoisotopic (exact) mass is 371 g/mol. The average Bonchev–Trinajstić information content (AvgIpc) is 2.83. The van der Waals surface area contributed by atoms with E-state index < -0.39 is 0 Å². The lowest BCUT2D eigenvalue weighted by atomic mass is 10.2. The zero-order valence-electron chi connectivity index (χ0n) is 9.66. The Bertz CT molecular complexity index is 754. The number of hydrogen-bond donors (Lipinski definition) is 0. The van der Waals surface area contributed by atoms with Gasteiger partial charge in [-0.15, -0.1) is 11.3 Å². The topological polar surface area (TPSA) is 12.9 Å². The number of nitrogens with zero attached hydrogens (tertiary/aromatic N) is 1. The fraction of sp³-hybridized carbons (Fsp3) is 0.0714. The van der Waals surface area contributed by atoms with Gasteiger partial charge in [0.2, 0.25) is 0 Å². The maximum Gasteiger partial charge on any atom is 0.126 e. The molecule has 0 aliphatic carbocycles. The van der Waals surface area contributed by atoms with Crippen molar-refractivity contribution in [2.24, 2.45) is 0 Å². The molecular weight excluding hydrogens is 365 g/mol. The van der Waals surface area contributed by atoms with E-state index in [2.05, 4.69) is 33.0 Å². The van der Waals surface area contributed by atoms with Gasteiger partial charge in [-0.05, 0) is 35.9 Å². The summed E-state index contributed by atoms with van der Waals surface area (Å²) in [5.74, 6) is 0. The largest absolute Gasteiger partial charge is 0.236 e. The normalized spacial score (nSPS) is 11.1. The second kappa shape index (κ2) is 5.41. The smallest absolute Gasteiger partial charge is 0.126 e. The molecule has 1 nitrogen and oxygen atoms in total. The Hall–Kier alpha value is -0.610. The average molecular weight is 373 g/mol. The minimum Gasteiger partial charge on any atom is -0.236 e. The molecule has 0 N–H and O–H groups in total. The van der Waals surface area contributed by atoms with E-state index in [-0.39, 0.29) is 0 Å². The summed E-state index contributed by atoms with van der Waals surface area (Å²) in [4.78, 5) is 4.62. The molecule has 0 bridgehead atoms. The van der Waals surface area contributed by atoms with Crippen molar-refractivity contribution < 1.29 is 0 Å². The Morgan fingerprint density at radius 1 is 1.11 bits per heavy atom. The van der Waals surface area contributed by atoms with Gasteiger partial charge in [0.15, 0.2) is 0 Å². The molecule has 0 fully saturated rings. The minimum absolute atomic E-state index is 0.666. The first-order valence-corrected chi connectivity index (χ1v) is 8.27. The molecule has 0 aliphatic heterocycles. The summed E-state index contributed by atoms with van der Waals surface area (Å²) in [7, 11) is 0. The number of halogens is 3. The molecule has 0 aliphatic rings. The Labute approximate surface area is 133 Å². The van der Waals surface area contributed by atoms with Crippen LogP contribution in [0.5, 0.6) is 0 Å². The van der Waals surface area contributed by atoms with Crippen LogP contribution >= 0.6 is 50.5 Å². The molecule has 0 amide bonds. The molecule has 0 radical (unpaired) electrons. The predicted molar refractivity (Wildman–Crippen MR) is 87.7 cm³/mol. The van der Waals surface area contributed by atoms with Crippen molar-refractivity contribution in [2.75, 3.05) is 0 Å². The van der Waals surface area contributed by atoms with E-state index in [4.69, 9.17) is 23.2 Å². The molecule has 19 heavy (non-hydrogen) atoms. The summed E-state index contributed by atoms with van der Waals surface area (Å²) in [6.07, 6.45) is 0. The van der Waals surface area contributed by atoms with Crippen molar-refractivity contribution in [1.82, 2.24) is 4.98 Å². The van der Waals surface area contributed by atoms with Gasteiger partial charge < -0.3 is 0 Å². The highest BCUT2D eigenvalue weighted by Gasteiger charge is 2.10. The molecule has 0 saturated heterocycles. The SMILES string of the molecule is Clc1ccc(Cl)c(-c2nc3ccc(CBr)cc3s2)c1. The van der Waals surface area contributed by atoms with Crippen LogP contribution < -0.4 is 0 Å². The number of aromatic nitrogens is 1. The van der Waals surface area contributed by atoms with E-state index in [1.807, 2.05) is 12.1 Å².